The van der Waals surface area contributed by atoms with Crippen LogP contribution >= 0.6 is 0 Å². The first kappa shape index (κ1) is 18.5. The van der Waals surface area contributed by atoms with Crippen molar-refractivity contribution in [2.24, 2.45) is 0 Å². The molecule has 1 atom stereocenters. The number of carbonyl (C=O) groups excluding carboxylic acids is 1. The van der Waals surface area contributed by atoms with Gasteiger partial charge >= 0.3 is 5.97 Å². The molecule has 0 bridgehead atoms. The summed E-state index contributed by atoms with van der Waals surface area (Å²) in [6, 6.07) is 0.134. The van der Waals surface area contributed by atoms with E-state index in [1.54, 1.807) is 6.92 Å². The number of nitrogens with one attached hydrogen (secondary N) is 1. The molecule has 2 N–H and O–H groups in total. The maximum atomic E-state index is 12.6. The Kier molecular flexibility index (Phi) is 5.66. The fraction of sp³-hybridized carbons (Fsp3) is 0.600. The quantitative estimate of drug-likeness (QED) is 0.760. The van der Waals surface area contributed by atoms with E-state index in [2.05, 4.69) is 5.32 Å². The predicted octanol–water partition coefficient (Wildman–Crippen LogP) is 1.36. The molecule has 1 aliphatic heterocycles. The third-order valence-corrected chi connectivity index (χ3v) is 5.97. The maximum Gasteiger partial charge on any atom is 0.326 e. The Bertz CT molecular complexity index is 718. The number of aliphatic carboxylic acids is 1. The number of nitrogens with zero attached hydrogens (tertiary/aromatic N) is 1. The van der Waals surface area contributed by atoms with Gasteiger partial charge in [0.1, 0.15) is 16.7 Å². The number of amides is 1. The molecule has 24 heavy (non-hydrogen) atoms. The minimum Gasteiger partial charge on any atom is -0.480 e. The molecule has 1 amide bonds. The van der Waals surface area contributed by atoms with Crippen molar-refractivity contribution in [2.75, 3.05) is 13.1 Å². The van der Waals surface area contributed by atoms with Crippen molar-refractivity contribution in [3.63, 3.8) is 0 Å². The number of rotatable bonds is 7. The summed E-state index contributed by atoms with van der Waals surface area (Å²) in [5, 5.41) is 11.4. The van der Waals surface area contributed by atoms with Crippen LogP contribution in [0.2, 0.25) is 0 Å². The average molecular weight is 358 g/mol. The highest BCUT2D eigenvalue weighted by atomic mass is 32.2. The average Bonchev–Trinajstić information content (AvgIpc) is 3.16. The van der Waals surface area contributed by atoms with Crippen molar-refractivity contribution in [3.8, 4) is 0 Å². The molecule has 1 aromatic rings. The zero-order valence-corrected chi connectivity index (χ0v) is 14.6. The molecule has 134 valence electrons. The highest BCUT2D eigenvalue weighted by molar-refractivity contribution is 7.89. The molecular weight excluding hydrogens is 336 g/mol. The van der Waals surface area contributed by atoms with Gasteiger partial charge in [0.05, 0.1) is 0 Å². The Labute approximate surface area is 140 Å². The first-order chi connectivity index (χ1) is 11.3. The second-order valence-electron chi connectivity index (χ2n) is 5.80. The lowest BCUT2D eigenvalue weighted by atomic mass is 10.1. The van der Waals surface area contributed by atoms with Gasteiger partial charge in [-0.15, -0.1) is 0 Å². The monoisotopic (exact) mass is 358 g/mol. The minimum absolute atomic E-state index is 0.0445. The fourth-order valence-corrected chi connectivity index (χ4v) is 4.35. The van der Waals surface area contributed by atoms with Crippen LogP contribution < -0.4 is 5.32 Å². The van der Waals surface area contributed by atoms with Crippen LogP contribution in [0.1, 0.15) is 48.9 Å². The molecule has 0 radical (unpaired) electrons. The Morgan fingerprint density at radius 1 is 1.38 bits per heavy atom. The SMILES string of the molecule is CCCC(NC(=O)c1cc(S(=O)(=O)N2CCCC2)c(C)o1)C(=O)O. The van der Waals surface area contributed by atoms with Crippen LogP contribution in [0.25, 0.3) is 0 Å². The van der Waals surface area contributed by atoms with Crippen molar-refractivity contribution >= 4 is 21.9 Å². The Hall–Kier alpha value is -1.87. The molecule has 1 aliphatic rings. The number of carboxylic acid groups (broad SMARTS) is 1. The number of hydrogen-bond acceptors (Lipinski definition) is 5. The van der Waals surface area contributed by atoms with E-state index in [1.807, 2.05) is 0 Å². The molecule has 0 spiro atoms. The number of sulfonamides is 1. The first-order valence-corrected chi connectivity index (χ1v) is 9.35. The van der Waals surface area contributed by atoms with Crippen molar-refractivity contribution in [1.29, 1.82) is 0 Å². The van der Waals surface area contributed by atoms with E-state index in [0.29, 0.717) is 19.5 Å². The van der Waals surface area contributed by atoms with Gasteiger partial charge in [-0.05, 0) is 26.2 Å². The number of carbonyl (C=O) groups is 2. The van der Waals surface area contributed by atoms with Gasteiger partial charge in [0, 0.05) is 19.2 Å². The second-order valence-corrected chi connectivity index (χ2v) is 7.70. The topological polar surface area (TPSA) is 117 Å². The molecule has 1 saturated heterocycles. The number of carboxylic acids is 1. The van der Waals surface area contributed by atoms with E-state index >= 15 is 0 Å². The minimum atomic E-state index is -3.69. The summed E-state index contributed by atoms with van der Waals surface area (Å²) in [5.74, 6) is -1.96. The van der Waals surface area contributed by atoms with Crippen LogP contribution in [0.5, 0.6) is 0 Å². The summed E-state index contributed by atoms with van der Waals surface area (Å²) in [7, 11) is -3.69. The van der Waals surface area contributed by atoms with Gasteiger partial charge in [0.25, 0.3) is 5.91 Å². The Morgan fingerprint density at radius 3 is 2.54 bits per heavy atom. The van der Waals surface area contributed by atoms with E-state index in [0.717, 1.165) is 12.8 Å². The van der Waals surface area contributed by atoms with E-state index in [4.69, 9.17) is 9.52 Å². The molecule has 0 saturated carbocycles. The largest absolute Gasteiger partial charge is 0.480 e. The summed E-state index contributed by atoms with van der Waals surface area (Å²) in [5.41, 5.74) is 0. The van der Waals surface area contributed by atoms with Gasteiger partial charge in [0.15, 0.2) is 5.76 Å². The highest BCUT2D eigenvalue weighted by Gasteiger charge is 2.32. The van der Waals surface area contributed by atoms with Gasteiger partial charge in [-0.2, -0.15) is 4.31 Å². The first-order valence-electron chi connectivity index (χ1n) is 7.91. The third kappa shape index (κ3) is 3.78. The van der Waals surface area contributed by atoms with Crippen LogP contribution in [0.3, 0.4) is 0 Å². The number of furan rings is 1. The molecule has 0 aliphatic carbocycles. The van der Waals surface area contributed by atoms with Gasteiger partial charge in [-0.3, -0.25) is 4.79 Å². The smallest absolute Gasteiger partial charge is 0.326 e. The lowest BCUT2D eigenvalue weighted by molar-refractivity contribution is -0.139. The molecule has 1 aromatic heterocycles. The molecule has 2 heterocycles. The van der Waals surface area contributed by atoms with Gasteiger partial charge in [-0.25, -0.2) is 13.2 Å². The summed E-state index contributed by atoms with van der Waals surface area (Å²) >= 11 is 0. The molecular formula is C15H22N2O6S. The fourth-order valence-electron chi connectivity index (χ4n) is 2.68. The van der Waals surface area contributed by atoms with Crippen LogP contribution in [-0.2, 0) is 14.8 Å². The Balaban J connectivity index is 2.21. The van der Waals surface area contributed by atoms with E-state index in [9.17, 15) is 18.0 Å². The van der Waals surface area contributed by atoms with Crippen molar-refractivity contribution < 1.29 is 27.5 Å². The van der Waals surface area contributed by atoms with E-state index in [1.165, 1.54) is 17.3 Å². The summed E-state index contributed by atoms with van der Waals surface area (Å²) in [6.45, 7) is 4.18. The lowest BCUT2D eigenvalue weighted by Gasteiger charge is -2.14. The normalized spacial score (nSPS) is 16.9. The lowest BCUT2D eigenvalue weighted by Crippen LogP contribution is -2.40. The van der Waals surface area contributed by atoms with Crippen molar-refractivity contribution in [2.45, 2.75) is 50.5 Å². The number of hydrogen-bond donors (Lipinski definition) is 2. The van der Waals surface area contributed by atoms with Crippen LogP contribution in [0.15, 0.2) is 15.4 Å². The van der Waals surface area contributed by atoms with Crippen molar-refractivity contribution in [3.05, 3.63) is 17.6 Å². The molecule has 1 unspecified atom stereocenters. The molecule has 8 nitrogen and oxygen atoms in total. The summed E-state index contributed by atoms with van der Waals surface area (Å²) in [4.78, 5) is 23.2. The van der Waals surface area contributed by atoms with E-state index in [-0.39, 0.29) is 22.8 Å². The maximum absolute atomic E-state index is 12.6. The molecule has 2 rings (SSSR count). The van der Waals surface area contributed by atoms with Gasteiger partial charge in [0.2, 0.25) is 10.0 Å². The predicted molar refractivity (Wildman–Crippen MR) is 85.2 cm³/mol. The van der Waals surface area contributed by atoms with Crippen LogP contribution in [-0.4, -0.2) is 48.8 Å². The second kappa shape index (κ2) is 7.35. The molecule has 1 fully saturated rings. The zero-order valence-electron chi connectivity index (χ0n) is 13.7. The zero-order chi connectivity index (χ0) is 17.9. The standard InChI is InChI=1S/C15H22N2O6S/c1-3-6-11(15(19)20)16-14(18)12-9-13(10(2)23-12)24(21,22)17-7-4-5-8-17/h9,11H,3-8H2,1-2H3,(H,16,18)(H,19,20). The third-order valence-electron chi connectivity index (χ3n) is 3.96. The Morgan fingerprint density at radius 2 is 2.00 bits per heavy atom. The summed E-state index contributed by atoms with van der Waals surface area (Å²) in [6.07, 6.45) is 2.48. The molecule has 9 heteroatoms. The van der Waals surface area contributed by atoms with Gasteiger partial charge in [-0.1, -0.05) is 13.3 Å². The highest BCUT2D eigenvalue weighted by Crippen LogP contribution is 2.26. The van der Waals surface area contributed by atoms with Crippen molar-refractivity contribution in [1.82, 2.24) is 9.62 Å². The van der Waals surface area contributed by atoms with Crippen LogP contribution in [0.4, 0.5) is 0 Å². The van der Waals surface area contributed by atoms with Gasteiger partial charge < -0.3 is 14.8 Å². The van der Waals surface area contributed by atoms with Crippen LogP contribution in [0, 0.1) is 6.92 Å². The molecule has 0 aromatic carbocycles. The summed E-state index contributed by atoms with van der Waals surface area (Å²) < 4.78 is 31.8. The number of aryl methyl sites for hydroxylation is 1. The van der Waals surface area contributed by atoms with E-state index < -0.39 is 27.9 Å².